The highest BCUT2D eigenvalue weighted by molar-refractivity contribution is 6.33. The molecule has 4 aromatic rings. The van der Waals surface area contributed by atoms with Crippen molar-refractivity contribution in [2.45, 2.75) is 6.10 Å². The van der Waals surface area contributed by atoms with Gasteiger partial charge in [-0.3, -0.25) is 5.10 Å². The number of hydrogen-bond donors (Lipinski definition) is 2. The minimum atomic E-state index is -1.18. The fourth-order valence-corrected chi connectivity index (χ4v) is 3.33. The lowest BCUT2D eigenvalue weighted by molar-refractivity contribution is 0.209. The van der Waals surface area contributed by atoms with E-state index in [2.05, 4.69) is 20.2 Å². The van der Waals surface area contributed by atoms with E-state index >= 15 is 0 Å². The van der Waals surface area contributed by atoms with Crippen LogP contribution in [0.2, 0.25) is 10.0 Å². The molecule has 1 unspecified atom stereocenters. The lowest BCUT2D eigenvalue weighted by atomic mass is 10.1. The first kappa shape index (κ1) is 19.9. The number of halogens is 2. The van der Waals surface area contributed by atoms with Gasteiger partial charge in [0.05, 0.1) is 30.1 Å². The lowest BCUT2D eigenvalue weighted by Crippen LogP contribution is -2.06. The highest BCUT2D eigenvalue weighted by Crippen LogP contribution is 2.39. The van der Waals surface area contributed by atoms with Crippen molar-refractivity contribution < 1.29 is 14.6 Å². The third-order valence-corrected chi connectivity index (χ3v) is 4.81. The van der Waals surface area contributed by atoms with Crippen LogP contribution in [0.4, 0.5) is 0 Å². The number of aromatic amines is 1. The summed E-state index contributed by atoms with van der Waals surface area (Å²) >= 11 is 12.4. The molecule has 10 heteroatoms. The molecule has 0 fully saturated rings. The first-order chi connectivity index (χ1) is 14.5. The molecule has 0 amide bonds. The summed E-state index contributed by atoms with van der Waals surface area (Å²) in [7, 11) is 1.40. The SMILES string of the molecule is COc1nc(C(O)c2[nH]nc3ncccc23)cc(Oc2cc(Cl)cc(C#N)c2)c1Cl. The van der Waals surface area contributed by atoms with E-state index in [1.165, 1.54) is 31.4 Å². The van der Waals surface area contributed by atoms with Crippen LogP contribution in [0.1, 0.15) is 23.1 Å². The summed E-state index contributed by atoms with van der Waals surface area (Å²) in [5, 5.41) is 28.0. The van der Waals surface area contributed by atoms with E-state index in [0.717, 1.165) is 0 Å². The zero-order valence-electron chi connectivity index (χ0n) is 15.4. The number of rotatable bonds is 5. The van der Waals surface area contributed by atoms with Gasteiger partial charge >= 0.3 is 0 Å². The van der Waals surface area contributed by atoms with Crippen molar-refractivity contribution in [1.82, 2.24) is 20.2 Å². The van der Waals surface area contributed by atoms with Crippen molar-refractivity contribution in [3.05, 3.63) is 69.6 Å². The molecule has 8 nitrogen and oxygen atoms in total. The number of nitrogens with zero attached hydrogens (tertiary/aromatic N) is 4. The summed E-state index contributed by atoms with van der Waals surface area (Å²) in [5.74, 6) is 0.532. The predicted octanol–water partition coefficient (Wildman–Crippen LogP) is 4.41. The molecule has 1 aromatic carbocycles. The number of ether oxygens (including phenoxy) is 2. The molecule has 0 bridgehead atoms. The Morgan fingerprint density at radius 1 is 1.23 bits per heavy atom. The molecule has 0 saturated heterocycles. The van der Waals surface area contributed by atoms with E-state index in [9.17, 15) is 5.11 Å². The van der Waals surface area contributed by atoms with Crippen LogP contribution in [0, 0.1) is 11.3 Å². The molecule has 3 heterocycles. The van der Waals surface area contributed by atoms with Crippen LogP contribution in [0.25, 0.3) is 11.0 Å². The largest absolute Gasteiger partial charge is 0.480 e. The molecule has 30 heavy (non-hydrogen) atoms. The fourth-order valence-electron chi connectivity index (χ4n) is 2.89. The van der Waals surface area contributed by atoms with Crippen LogP contribution >= 0.6 is 23.2 Å². The number of H-pyrrole nitrogens is 1. The highest BCUT2D eigenvalue weighted by Gasteiger charge is 2.23. The van der Waals surface area contributed by atoms with E-state index in [-0.39, 0.29) is 22.3 Å². The van der Waals surface area contributed by atoms with Crippen molar-refractivity contribution in [3.63, 3.8) is 0 Å². The Hall–Kier alpha value is -3.38. The lowest BCUT2D eigenvalue weighted by Gasteiger charge is -2.15. The van der Waals surface area contributed by atoms with Crippen LogP contribution in [0.3, 0.4) is 0 Å². The summed E-state index contributed by atoms with van der Waals surface area (Å²) in [4.78, 5) is 8.42. The highest BCUT2D eigenvalue weighted by atomic mass is 35.5. The van der Waals surface area contributed by atoms with Crippen LogP contribution in [-0.4, -0.2) is 32.4 Å². The molecule has 0 radical (unpaired) electrons. The van der Waals surface area contributed by atoms with Gasteiger partial charge in [-0.05, 0) is 30.3 Å². The summed E-state index contributed by atoms with van der Waals surface area (Å²) < 4.78 is 11.1. The van der Waals surface area contributed by atoms with Gasteiger partial charge in [0.15, 0.2) is 11.4 Å². The Kier molecular flexibility index (Phi) is 5.42. The van der Waals surface area contributed by atoms with Crippen LogP contribution < -0.4 is 9.47 Å². The molecule has 3 aromatic heterocycles. The average molecular weight is 442 g/mol. The molecule has 0 saturated carbocycles. The Morgan fingerprint density at radius 2 is 2.07 bits per heavy atom. The monoisotopic (exact) mass is 441 g/mol. The molecule has 0 aliphatic heterocycles. The second-order valence-electron chi connectivity index (χ2n) is 6.17. The number of aliphatic hydroxyl groups excluding tert-OH is 1. The van der Waals surface area contributed by atoms with E-state index < -0.39 is 6.10 Å². The molecule has 0 spiro atoms. The number of pyridine rings is 2. The molecule has 150 valence electrons. The van der Waals surface area contributed by atoms with E-state index in [4.69, 9.17) is 37.9 Å². The number of aliphatic hydroxyl groups is 1. The third-order valence-electron chi connectivity index (χ3n) is 4.25. The van der Waals surface area contributed by atoms with Gasteiger partial charge in [-0.2, -0.15) is 10.4 Å². The molecule has 0 aliphatic rings. The van der Waals surface area contributed by atoms with Crippen molar-refractivity contribution in [2.75, 3.05) is 7.11 Å². The van der Waals surface area contributed by atoms with Gasteiger partial charge < -0.3 is 14.6 Å². The van der Waals surface area contributed by atoms with E-state index in [0.29, 0.717) is 33.1 Å². The van der Waals surface area contributed by atoms with Gasteiger partial charge in [0, 0.05) is 22.7 Å². The number of methoxy groups -OCH3 is 1. The van der Waals surface area contributed by atoms with Gasteiger partial charge in [-0.25, -0.2) is 9.97 Å². The number of fused-ring (bicyclic) bond motifs is 1. The molecule has 1 atom stereocenters. The smallest absolute Gasteiger partial charge is 0.236 e. The Balaban J connectivity index is 1.77. The quantitative estimate of drug-likeness (QED) is 0.470. The first-order valence-corrected chi connectivity index (χ1v) is 9.35. The molecular formula is C20H13Cl2N5O3. The second-order valence-corrected chi connectivity index (χ2v) is 6.99. The maximum atomic E-state index is 10.9. The van der Waals surface area contributed by atoms with Gasteiger partial charge in [0.2, 0.25) is 5.88 Å². The number of hydrogen-bond acceptors (Lipinski definition) is 7. The predicted molar refractivity (Wildman–Crippen MR) is 110 cm³/mol. The van der Waals surface area contributed by atoms with Crippen LogP contribution in [-0.2, 0) is 0 Å². The average Bonchev–Trinajstić information content (AvgIpc) is 3.18. The Morgan fingerprint density at radius 3 is 2.83 bits per heavy atom. The zero-order chi connectivity index (χ0) is 21.3. The number of nitrogens with one attached hydrogen (secondary N) is 1. The first-order valence-electron chi connectivity index (χ1n) is 8.60. The second kappa shape index (κ2) is 8.16. The summed E-state index contributed by atoms with van der Waals surface area (Å²) in [6.45, 7) is 0. The van der Waals surface area contributed by atoms with Crippen molar-refractivity contribution >= 4 is 34.2 Å². The maximum absolute atomic E-state index is 10.9. The van der Waals surface area contributed by atoms with Crippen LogP contribution in [0.5, 0.6) is 17.4 Å². The summed E-state index contributed by atoms with van der Waals surface area (Å²) in [5.41, 5.74) is 1.41. The minimum absolute atomic E-state index is 0.0627. The third kappa shape index (κ3) is 3.74. The Labute approximate surface area is 180 Å². The molecule has 2 N–H and O–H groups in total. The fraction of sp³-hybridized carbons (Fsp3) is 0.100. The molecule has 0 aliphatic carbocycles. The van der Waals surface area contributed by atoms with E-state index in [1.807, 2.05) is 6.07 Å². The maximum Gasteiger partial charge on any atom is 0.236 e. The summed E-state index contributed by atoms with van der Waals surface area (Å²) in [6.07, 6.45) is 0.428. The van der Waals surface area contributed by atoms with Crippen molar-refractivity contribution in [1.29, 1.82) is 5.26 Å². The van der Waals surface area contributed by atoms with Crippen molar-refractivity contribution in [3.8, 4) is 23.4 Å². The van der Waals surface area contributed by atoms with Gasteiger partial charge in [0.1, 0.15) is 16.9 Å². The Bertz CT molecular complexity index is 1290. The standard InChI is InChI=1S/C20H13Cl2N5O3/c1-29-20-16(22)15(30-12-6-10(9-23)5-11(21)7-12)8-14(25-20)18(28)17-13-3-2-4-24-19(13)27-26-17/h2-8,18,28H,1H3,(H,24,26,27). The van der Waals surface area contributed by atoms with Gasteiger partial charge in [0.25, 0.3) is 0 Å². The van der Waals surface area contributed by atoms with E-state index in [1.54, 1.807) is 18.3 Å². The summed E-state index contributed by atoms with van der Waals surface area (Å²) in [6, 6.07) is 11.6. The molecular weight excluding hydrogens is 429 g/mol. The number of benzene rings is 1. The number of nitriles is 1. The van der Waals surface area contributed by atoms with Gasteiger partial charge in [-0.15, -0.1) is 0 Å². The topological polar surface area (TPSA) is 117 Å². The van der Waals surface area contributed by atoms with Crippen molar-refractivity contribution in [2.24, 2.45) is 0 Å². The zero-order valence-corrected chi connectivity index (χ0v) is 16.9. The molecule has 4 rings (SSSR count). The number of aromatic nitrogens is 4. The normalized spacial score (nSPS) is 11.8. The van der Waals surface area contributed by atoms with Crippen LogP contribution in [0.15, 0.2) is 42.6 Å². The van der Waals surface area contributed by atoms with Gasteiger partial charge in [-0.1, -0.05) is 23.2 Å². The minimum Gasteiger partial charge on any atom is -0.480 e.